The predicted molar refractivity (Wildman–Crippen MR) is 93.1 cm³/mol. The van der Waals surface area contributed by atoms with Crippen LogP contribution in [0.1, 0.15) is 18.9 Å². The minimum absolute atomic E-state index is 0.585. The van der Waals surface area contributed by atoms with Gasteiger partial charge in [0.1, 0.15) is 0 Å². The van der Waals surface area contributed by atoms with Crippen molar-refractivity contribution in [2.45, 2.75) is 19.9 Å². The van der Waals surface area contributed by atoms with Crippen LogP contribution >= 0.6 is 12.2 Å². The predicted octanol–water partition coefficient (Wildman–Crippen LogP) is 2.64. The first-order valence-electron chi connectivity index (χ1n) is 7.48. The highest BCUT2D eigenvalue weighted by molar-refractivity contribution is 7.80. The number of hydrogen-bond acceptors (Lipinski definition) is 3. The second-order valence-corrected chi connectivity index (χ2v) is 5.22. The summed E-state index contributed by atoms with van der Waals surface area (Å²) in [6.07, 6.45) is 2.87. The summed E-state index contributed by atoms with van der Waals surface area (Å²) in [7, 11) is 0. The highest BCUT2D eigenvalue weighted by Crippen LogP contribution is 2.06. The van der Waals surface area contributed by atoms with Gasteiger partial charge in [0.25, 0.3) is 0 Å². The summed E-state index contributed by atoms with van der Waals surface area (Å²) in [5.74, 6) is 0.748. The summed E-state index contributed by atoms with van der Waals surface area (Å²) in [6.45, 7) is 5.03. The Morgan fingerprint density at radius 2 is 2.09 bits per heavy atom. The highest BCUT2D eigenvalue weighted by Gasteiger charge is 2.02. The fourth-order valence-corrected chi connectivity index (χ4v) is 2.17. The molecule has 0 spiro atoms. The molecule has 0 bridgehead atoms. The Bertz CT molecular complexity index is 571. The van der Waals surface area contributed by atoms with E-state index in [9.17, 15) is 0 Å². The SMILES string of the molecule is CCOCCCNC(=S)Nc1ccn(Cc2ccccc2)n1. The van der Waals surface area contributed by atoms with Crippen LogP contribution in [0.4, 0.5) is 5.82 Å². The third kappa shape index (κ3) is 5.83. The molecule has 0 aliphatic rings. The number of nitrogens with zero attached hydrogens (tertiary/aromatic N) is 2. The molecule has 0 amide bonds. The second-order valence-electron chi connectivity index (χ2n) is 4.82. The van der Waals surface area contributed by atoms with Gasteiger partial charge in [0.05, 0.1) is 6.54 Å². The number of benzene rings is 1. The fourth-order valence-electron chi connectivity index (χ4n) is 1.97. The van der Waals surface area contributed by atoms with Crippen LogP contribution in [0, 0.1) is 0 Å². The maximum atomic E-state index is 5.27. The summed E-state index contributed by atoms with van der Waals surface area (Å²) in [4.78, 5) is 0. The van der Waals surface area contributed by atoms with Crippen molar-refractivity contribution >= 4 is 23.1 Å². The van der Waals surface area contributed by atoms with Gasteiger partial charge in [0.15, 0.2) is 10.9 Å². The van der Waals surface area contributed by atoms with Crippen molar-refractivity contribution in [1.82, 2.24) is 15.1 Å². The molecule has 22 heavy (non-hydrogen) atoms. The number of hydrogen-bond donors (Lipinski definition) is 2. The van der Waals surface area contributed by atoms with E-state index in [0.29, 0.717) is 5.11 Å². The van der Waals surface area contributed by atoms with Gasteiger partial charge < -0.3 is 15.4 Å². The van der Waals surface area contributed by atoms with Gasteiger partial charge in [0, 0.05) is 32.0 Å². The molecule has 0 saturated carbocycles. The summed E-state index contributed by atoms with van der Waals surface area (Å²) in [5, 5.41) is 11.3. The minimum Gasteiger partial charge on any atom is -0.382 e. The van der Waals surface area contributed by atoms with Gasteiger partial charge in [-0.3, -0.25) is 4.68 Å². The van der Waals surface area contributed by atoms with Crippen LogP contribution in [0.2, 0.25) is 0 Å². The third-order valence-corrected chi connectivity index (χ3v) is 3.27. The summed E-state index contributed by atoms with van der Waals surface area (Å²) in [5.41, 5.74) is 1.22. The first-order valence-corrected chi connectivity index (χ1v) is 7.88. The van der Waals surface area contributed by atoms with E-state index in [2.05, 4.69) is 27.9 Å². The average Bonchev–Trinajstić information content (AvgIpc) is 2.95. The van der Waals surface area contributed by atoms with E-state index in [1.54, 1.807) is 0 Å². The summed E-state index contributed by atoms with van der Waals surface area (Å²) in [6, 6.07) is 12.1. The lowest BCUT2D eigenvalue weighted by atomic mass is 10.2. The Hall–Kier alpha value is -1.92. The van der Waals surface area contributed by atoms with E-state index >= 15 is 0 Å². The molecule has 1 aromatic heterocycles. The Morgan fingerprint density at radius 1 is 1.27 bits per heavy atom. The third-order valence-electron chi connectivity index (χ3n) is 3.02. The number of ether oxygens (including phenoxy) is 1. The molecular formula is C16H22N4OS. The lowest BCUT2D eigenvalue weighted by molar-refractivity contribution is 0.146. The van der Waals surface area contributed by atoms with Gasteiger partial charge in [-0.2, -0.15) is 5.10 Å². The van der Waals surface area contributed by atoms with Gasteiger partial charge in [-0.1, -0.05) is 30.3 Å². The van der Waals surface area contributed by atoms with Crippen LogP contribution < -0.4 is 10.6 Å². The molecule has 5 nitrogen and oxygen atoms in total. The van der Waals surface area contributed by atoms with Crippen LogP contribution in [0.5, 0.6) is 0 Å². The van der Waals surface area contributed by atoms with Crippen LogP contribution in [0.15, 0.2) is 42.6 Å². The molecule has 0 atom stereocenters. The number of nitrogens with one attached hydrogen (secondary N) is 2. The van der Waals surface area contributed by atoms with Gasteiger partial charge in [-0.25, -0.2) is 0 Å². The molecule has 2 N–H and O–H groups in total. The van der Waals surface area contributed by atoms with E-state index in [1.165, 1.54) is 5.56 Å². The van der Waals surface area contributed by atoms with Crippen molar-refractivity contribution in [1.29, 1.82) is 0 Å². The zero-order valence-corrected chi connectivity index (χ0v) is 13.6. The number of anilines is 1. The molecule has 1 aromatic carbocycles. The first-order chi connectivity index (χ1) is 10.8. The van der Waals surface area contributed by atoms with Crippen LogP contribution in [0.25, 0.3) is 0 Å². The molecule has 6 heteroatoms. The Kier molecular flexibility index (Phi) is 6.86. The van der Waals surface area contributed by atoms with Crippen molar-refractivity contribution < 1.29 is 4.74 Å². The molecule has 2 rings (SSSR count). The van der Waals surface area contributed by atoms with Crippen molar-refractivity contribution in [3.8, 4) is 0 Å². The standard InChI is InChI=1S/C16H22N4OS/c1-2-21-12-6-10-17-16(22)18-15-9-11-20(19-15)13-14-7-4-3-5-8-14/h3-5,7-9,11H,2,6,10,12-13H2,1H3,(H2,17,18,19,22). The van der Waals surface area contributed by atoms with Gasteiger partial charge in [-0.15, -0.1) is 0 Å². The Labute approximate surface area is 136 Å². The van der Waals surface area contributed by atoms with Crippen LogP contribution in [-0.4, -0.2) is 34.7 Å². The number of thiocarbonyl (C=S) groups is 1. The summed E-state index contributed by atoms with van der Waals surface area (Å²) >= 11 is 5.24. The van der Waals surface area contributed by atoms with E-state index in [-0.39, 0.29) is 0 Å². The van der Waals surface area contributed by atoms with Crippen molar-refractivity contribution in [3.05, 3.63) is 48.2 Å². The molecule has 2 aromatic rings. The number of rotatable bonds is 8. The Balaban J connectivity index is 1.73. The van der Waals surface area contributed by atoms with Gasteiger partial charge in [-0.05, 0) is 31.1 Å². The van der Waals surface area contributed by atoms with Gasteiger partial charge >= 0.3 is 0 Å². The molecular weight excluding hydrogens is 296 g/mol. The van der Waals surface area contributed by atoms with Crippen molar-refractivity contribution in [2.75, 3.05) is 25.1 Å². The maximum absolute atomic E-state index is 5.27. The topological polar surface area (TPSA) is 51.1 Å². The zero-order chi connectivity index (χ0) is 15.6. The molecule has 0 aliphatic carbocycles. The molecule has 0 aliphatic heterocycles. The lowest BCUT2D eigenvalue weighted by Gasteiger charge is -2.08. The molecule has 118 valence electrons. The normalized spacial score (nSPS) is 10.4. The first kappa shape index (κ1) is 16.5. The smallest absolute Gasteiger partial charge is 0.171 e. The van der Waals surface area contributed by atoms with Crippen LogP contribution in [0.3, 0.4) is 0 Å². The van der Waals surface area contributed by atoms with E-state index in [1.807, 2.05) is 42.1 Å². The van der Waals surface area contributed by atoms with Crippen molar-refractivity contribution in [2.24, 2.45) is 0 Å². The maximum Gasteiger partial charge on any atom is 0.171 e. The minimum atomic E-state index is 0.585. The number of aromatic nitrogens is 2. The van der Waals surface area contributed by atoms with Crippen LogP contribution in [-0.2, 0) is 11.3 Å². The summed E-state index contributed by atoms with van der Waals surface area (Å²) < 4.78 is 7.16. The fraction of sp³-hybridized carbons (Fsp3) is 0.375. The monoisotopic (exact) mass is 318 g/mol. The molecule has 0 unspecified atom stereocenters. The molecule has 0 saturated heterocycles. The van der Waals surface area contributed by atoms with E-state index < -0.39 is 0 Å². The average molecular weight is 318 g/mol. The second kappa shape index (κ2) is 9.17. The Morgan fingerprint density at radius 3 is 2.86 bits per heavy atom. The quantitative estimate of drug-likeness (QED) is 0.579. The largest absolute Gasteiger partial charge is 0.382 e. The molecule has 0 radical (unpaired) electrons. The van der Waals surface area contributed by atoms with E-state index in [4.69, 9.17) is 17.0 Å². The lowest BCUT2D eigenvalue weighted by Crippen LogP contribution is -2.30. The molecule has 1 heterocycles. The van der Waals surface area contributed by atoms with Gasteiger partial charge in [0.2, 0.25) is 0 Å². The van der Waals surface area contributed by atoms with Crippen molar-refractivity contribution in [3.63, 3.8) is 0 Å². The highest BCUT2D eigenvalue weighted by atomic mass is 32.1. The van der Waals surface area contributed by atoms with E-state index in [0.717, 1.165) is 38.5 Å². The zero-order valence-electron chi connectivity index (χ0n) is 12.8. The molecule has 0 fully saturated rings.